The van der Waals surface area contributed by atoms with Gasteiger partial charge in [-0.1, -0.05) is 6.92 Å². The van der Waals surface area contributed by atoms with Gasteiger partial charge in [-0.25, -0.2) is 4.98 Å². The van der Waals surface area contributed by atoms with E-state index in [0.717, 1.165) is 17.0 Å². The van der Waals surface area contributed by atoms with Crippen LogP contribution in [0, 0.1) is 6.92 Å². The van der Waals surface area contributed by atoms with Gasteiger partial charge in [-0.2, -0.15) is 0 Å². The summed E-state index contributed by atoms with van der Waals surface area (Å²) in [4.78, 5) is 23.4. The summed E-state index contributed by atoms with van der Waals surface area (Å²) in [5.74, 6) is 0.0375. The van der Waals surface area contributed by atoms with Gasteiger partial charge in [-0.05, 0) is 25.5 Å². The molecule has 0 aliphatic carbocycles. The van der Waals surface area contributed by atoms with Crippen molar-refractivity contribution in [1.29, 1.82) is 0 Å². The second-order valence-corrected chi connectivity index (χ2v) is 4.32. The molecule has 2 aromatic rings. The summed E-state index contributed by atoms with van der Waals surface area (Å²) in [6.07, 6.45) is 4.09. The molecular weight excluding hydrogens is 242 g/mol. The van der Waals surface area contributed by atoms with E-state index < -0.39 is 0 Å². The van der Waals surface area contributed by atoms with Crippen LogP contribution in [0.25, 0.3) is 11.3 Å². The fourth-order valence-corrected chi connectivity index (χ4v) is 2.05. The maximum Gasteiger partial charge on any atom is 0.316 e. The van der Waals surface area contributed by atoms with Crippen LogP contribution in [0.2, 0.25) is 0 Å². The number of carbonyl (C=O) groups excluding carboxylic acids is 1. The van der Waals surface area contributed by atoms with Crippen molar-refractivity contribution >= 4 is 5.97 Å². The van der Waals surface area contributed by atoms with E-state index in [9.17, 15) is 4.79 Å². The highest BCUT2D eigenvalue weighted by atomic mass is 16.5. The largest absolute Gasteiger partial charge is 0.468 e. The zero-order valence-electron chi connectivity index (χ0n) is 11.3. The molecule has 5 heteroatoms. The molecule has 2 heterocycles. The first kappa shape index (κ1) is 13.3. The number of imidazole rings is 1. The molecule has 0 aromatic carbocycles. The van der Waals surface area contributed by atoms with Crippen LogP contribution in [0.5, 0.6) is 0 Å². The summed E-state index contributed by atoms with van der Waals surface area (Å²) < 4.78 is 4.80. The maximum atomic E-state index is 11.7. The minimum Gasteiger partial charge on any atom is -0.468 e. The minimum absolute atomic E-state index is 0.266. The van der Waals surface area contributed by atoms with Gasteiger partial charge in [0.05, 0.1) is 12.8 Å². The van der Waals surface area contributed by atoms with Crippen LogP contribution in [0.4, 0.5) is 0 Å². The van der Waals surface area contributed by atoms with Gasteiger partial charge >= 0.3 is 5.97 Å². The van der Waals surface area contributed by atoms with Crippen molar-refractivity contribution in [1.82, 2.24) is 15.0 Å². The molecular formula is C14H17N3O2. The third-order valence-electron chi connectivity index (χ3n) is 3.08. The van der Waals surface area contributed by atoms with Crippen molar-refractivity contribution in [3.05, 3.63) is 36.0 Å². The highest BCUT2D eigenvalue weighted by molar-refractivity contribution is 5.77. The summed E-state index contributed by atoms with van der Waals surface area (Å²) in [6, 6.07) is 3.79. The van der Waals surface area contributed by atoms with E-state index in [0.29, 0.717) is 12.2 Å². The predicted molar refractivity (Wildman–Crippen MR) is 71.6 cm³/mol. The molecule has 0 radical (unpaired) electrons. The van der Waals surface area contributed by atoms with Crippen LogP contribution in [0.3, 0.4) is 0 Å². The van der Waals surface area contributed by atoms with Crippen LogP contribution in [-0.2, 0) is 9.53 Å². The lowest BCUT2D eigenvalue weighted by atomic mass is 10.1. The summed E-state index contributed by atoms with van der Waals surface area (Å²) in [6.45, 7) is 3.88. The number of esters is 1. The van der Waals surface area contributed by atoms with Crippen molar-refractivity contribution in [2.45, 2.75) is 26.2 Å². The number of hydrogen-bond donors (Lipinski definition) is 1. The fraction of sp³-hybridized carbons (Fsp3) is 0.357. The lowest BCUT2D eigenvalue weighted by Crippen LogP contribution is -2.14. The summed E-state index contributed by atoms with van der Waals surface area (Å²) >= 11 is 0. The van der Waals surface area contributed by atoms with Gasteiger partial charge in [0.25, 0.3) is 0 Å². The molecule has 0 aliphatic rings. The molecule has 0 bridgehead atoms. The van der Waals surface area contributed by atoms with E-state index in [1.807, 2.05) is 26.0 Å². The number of nitrogens with one attached hydrogen (secondary N) is 1. The summed E-state index contributed by atoms with van der Waals surface area (Å²) in [5, 5.41) is 0. The molecule has 1 atom stereocenters. The number of carbonyl (C=O) groups is 1. The van der Waals surface area contributed by atoms with Crippen LogP contribution >= 0.6 is 0 Å². The Morgan fingerprint density at radius 1 is 1.42 bits per heavy atom. The molecule has 2 aromatic heterocycles. The van der Waals surface area contributed by atoms with Crippen molar-refractivity contribution in [2.24, 2.45) is 0 Å². The normalized spacial score (nSPS) is 12.2. The molecule has 2 rings (SSSR count). The van der Waals surface area contributed by atoms with Gasteiger partial charge in [-0.3, -0.25) is 9.78 Å². The average Bonchev–Trinajstić information content (AvgIpc) is 2.82. The van der Waals surface area contributed by atoms with Gasteiger partial charge in [0.1, 0.15) is 11.7 Å². The Balaban J connectivity index is 2.38. The van der Waals surface area contributed by atoms with Crippen LogP contribution < -0.4 is 0 Å². The van der Waals surface area contributed by atoms with E-state index in [2.05, 4.69) is 15.0 Å². The van der Waals surface area contributed by atoms with Crippen LogP contribution in [0.15, 0.2) is 24.5 Å². The number of H-pyrrole nitrogens is 1. The Kier molecular flexibility index (Phi) is 3.94. The molecule has 1 N–H and O–H groups in total. The number of nitrogens with zero attached hydrogens (tertiary/aromatic N) is 2. The Morgan fingerprint density at radius 2 is 2.11 bits per heavy atom. The quantitative estimate of drug-likeness (QED) is 0.856. The zero-order chi connectivity index (χ0) is 13.8. The number of pyridine rings is 1. The minimum atomic E-state index is -0.348. The topological polar surface area (TPSA) is 67.9 Å². The second-order valence-electron chi connectivity index (χ2n) is 4.32. The predicted octanol–water partition coefficient (Wildman–Crippen LogP) is 2.45. The summed E-state index contributed by atoms with van der Waals surface area (Å²) in [5.41, 5.74) is 2.76. The van der Waals surface area contributed by atoms with Gasteiger partial charge in [0, 0.05) is 23.7 Å². The van der Waals surface area contributed by atoms with Crippen molar-refractivity contribution in [2.75, 3.05) is 7.11 Å². The lowest BCUT2D eigenvalue weighted by Gasteiger charge is -2.08. The van der Waals surface area contributed by atoms with Crippen molar-refractivity contribution in [3.63, 3.8) is 0 Å². The lowest BCUT2D eigenvalue weighted by molar-refractivity contribution is -0.142. The average molecular weight is 259 g/mol. The van der Waals surface area contributed by atoms with E-state index in [4.69, 9.17) is 4.74 Å². The second kappa shape index (κ2) is 5.65. The number of aromatic nitrogens is 3. The van der Waals surface area contributed by atoms with E-state index >= 15 is 0 Å². The van der Waals surface area contributed by atoms with Gasteiger partial charge in [0.15, 0.2) is 0 Å². The highest BCUT2D eigenvalue weighted by Crippen LogP contribution is 2.25. The first-order valence-corrected chi connectivity index (χ1v) is 6.22. The Hall–Kier alpha value is -2.17. The highest BCUT2D eigenvalue weighted by Gasteiger charge is 2.23. The third-order valence-corrected chi connectivity index (χ3v) is 3.08. The first-order valence-electron chi connectivity index (χ1n) is 6.22. The molecule has 5 nitrogen and oxygen atoms in total. The van der Waals surface area contributed by atoms with Crippen LogP contribution in [0.1, 0.15) is 30.8 Å². The molecule has 100 valence electrons. The number of methoxy groups -OCH3 is 1. The van der Waals surface area contributed by atoms with Gasteiger partial charge in [0.2, 0.25) is 0 Å². The Bertz CT molecular complexity index is 563. The molecule has 0 saturated carbocycles. The molecule has 0 saturated heterocycles. The molecule has 0 spiro atoms. The monoisotopic (exact) mass is 259 g/mol. The first-order chi connectivity index (χ1) is 9.17. The SMILES string of the molecule is CCC(C(=O)OC)c1nc(-c2ccncc2)c(C)[nH]1. The van der Waals surface area contributed by atoms with Crippen molar-refractivity contribution in [3.8, 4) is 11.3 Å². The summed E-state index contributed by atoms with van der Waals surface area (Å²) in [7, 11) is 1.39. The zero-order valence-corrected chi connectivity index (χ0v) is 11.3. The molecule has 0 amide bonds. The Morgan fingerprint density at radius 3 is 2.68 bits per heavy atom. The van der Waals surface area contributed by atoms with Gasteiger partial charge in [-0.15, -0.1) is 0 Å². The van der Waals surface area contributed by atoms with Crippen LogP contribution in [-0.4, -0.2) is 28.0 Å². The van der Waals surface area contributed by atoms with E-state index in [1.54, 1.807) is 12.4 Å². The van der Waals surface area contributed by atoms with E-state index in [-0.39, 0.29) is 11.9 Å². The number of aryl methyl sites for hydroxylation is 1. The van der Waals surface area contributed by atoms with E-state index in [1.165, 1.54) is 7.11 Å². The number of rotatable bonds is 4. The molecule has 1 unspecified atom stereocenters. The number of ether oxygens (including phenoxy) is 1. The standard InChI is InChI=1S/C14H17N3O2/c1-4-11(14(18)19-3)13-16-9(2)12(17-13)10-5-7-15-8-6-10/h5-8,11H,4H2,1-3H3,(H,16,17). The van der Waals surface area contributed by atoms with Crippen molar-refractivity contribution < 1.29 is 9.53 Å². The molecule has 0 fully saturated rings. The Labute approximate surface area is 112 Å². The maximum absolute atomic E-state index is 11.7. The molecule has 0 aliphatic heterocycles. The number of aromatic amines is 1. The van der Waals surface area contributed by atoms with Gasteiger partial charge < -0.3 is 9.72 Å². The smallest absolute Gasteiger partial charge is 0.316 e. The third kappa shape index (κ3) is 2.65. The molecule has 19 heavy (non-hydrogen) atoms. The number of hydrogen-bond acceptors (Lipinski definition) is 4. The fourth-order valence-electron chi connectivity index (χ4n) is 2.05.